The second-order valence-corrected chi connectivity index (χ2v) is 7.36. The van der Waals surface area contributed by atoms with Crippen LogP contribution in [-0.4, -0.2) is 77.1 Å². The third kappa shape index (κ3) is 5.71. The molecule has 10 nitrogen and oxygen atoms in total. The number of aliphatic imine (C=N–C) groups is 1. The zero-order valence-corrected chi connectivity index (χ0v) is 15.1. The third-order valence-corrected chi connectivity index (χ3v) is 4.91. The molecule has 1 aliphatic rings. The molecule has 0 spiro atoms. The van der Waals surface area contributed by atoms with Crippen LogP contribution in [0.4, 0.5) is 5.69 Å². The van der Waals surface area contributed by atoms with Gasteiger partial charge >= 0.3 is 0 Å². The first kappa shape index (κ1) is 22.4. The fourth-order valence-electron chi connectivity index (χ4n) is 1.87. The Morgan fingerprint density at radius 1 is 1.23 bits per heavy atom. The zero-order valence-electron chi connectivity index (χ0n) is 13.5. The number of aldehydes is 1. The highest BCUT2D eigenvalue weighted by atomic mass is 35.5. The first-order valence-electron chi connectivity index (χ1n) is 7.19. The van der Waals surface area contributed by atoms with Crippen molar-refractivity contribution < 1.29 is 38.7 Å². The van der Waals surface area contributed by atoms with E-state index in [1.165, 1.54) is 6.07 Å². The average Bonchev–Trinajstić information content (AvgIpc) is 2.59. The average molecular weight is 411 g/mol. The predicted octanol–water partition coefficient (Wildman–Crippen LogP) is -1.70. The molecule has 2 rings (SSSR count). The van der Waals surface area contributed by atoms with Gasteiger partial charge in [0.2, 0.25) is 0 Å². The minimum atomic E-state index is -3.48. The highest BCUT2D eigenvalue weighted by molar-refractivity contribution is 7.90. The van der Waals surface area contributed by atoms with E-state index >= 15 is 0 Å². The molecule has 12 heteroatoms. The molecule has 1 aromatic carbocycles. The Balaban J connectivity index is 0.000000265. The topological polar surface area (TPSA) is 177 Å². The number of halogens is 1. The number of amidine groups is 1. The lowest BCUT2D eigenvalue weighted by Gasteiger charge is -2.22. The molecular weight excluding hydrogens is 392 g/mol. The molecular formula is C14H19ClN2O8S. The molecule has 6 N–H and O–H groups in total. The van der Waals surface area contributed by atoms with E-state index in [1.807, 2.05) is 0 Å². The van der Waals surface area contributed by atoms with E-state index in [2.05, 4.69) is 9.71 Å². The van der Waals surface area contributed by atoms with Crippen LogP contribution in [0.15, 0.2) is 28.1 Å². The minimum Gasteiger partial charge on any atom is -0.394 e. The summed E-state index contributed by atoms with van der Waals surface area (Å²) in [5.41, 5.74) is 0.422. The lowest BCUT2D eigenvalue weighted by Crippen LogP contribution is -2.46. The van der Waals surface area contributed by atoms with Crippen LogP contribution in [0.25, 0.3) is 0 Å². The van der Waals surface area contributed by atoms with Crippen molar-refractivity contribution >= 4 is 39.4 Å². The van der Waals surface area contributed by atoms with Crippen LogP contribution in [0.3, 0.4) is 0 Å². The van der Waals surface area contributed by atoms with Crippen LogP contribution < -0.4 is 4.72 Å². The highest BCUT2D eigenvalue weighted by Gasteiger charge is 2.29. The molecule has 0 aromatic heterocycles. The van der Waals surface area contributed by atoms with Gasteiger partial charge in [0.15, 0.2) is 6.29 Å². The van der Waals surface area contributed by atoms with Crippen molar-refractivity contribution in [2.45, 2.75) is 36.2 Å². The highest BCUT2D eigenvalue weighted by Crippen LogP contribution is 2.29. The standard InChI is InChI=1S/C8H7ClN2O2S.C6H12O6/c1-5-10-7-3-2-6(9)4-8(7)14(12,13)11-5;7-1-3(9)5(11)6(12)4(10)2-8/h2-4H,1H3,(H,10,11);1,3-6,8-12H,2H2/t;3-,4+,5+,6+/m.0/s1. The summed E-state index contributed by atoms with van der Waals surface area (Å²) < 4.78 is 25.5. The van der Waals surface area contributed by atoms with Crippen LogP contribution in [0.2, 0.25) is 5.02 Å². The number of hydrogen-bond acceptors (Lipinski definition) is 9. The van der Waals surface area contributed by atoms with Gasteiger partial charge < -0.3 is 30.3 Å². The van der Waals surface area contributed by atoms with E-state index in [-0.39, 0.29) is 11.2 Å². The third-order valence-electron chi connectivity index (χ3n) is 3.20. The number of aliphatic hydroxyl groups is 5. The monoisotopic (exact) mass is 410 g/mol. The van der Waals surface area contributed by atoms with Gasteiger partial charge in [0.25, 0.3) is 10.0 Å². The molecule has 0 fully saturated rings. The Labute approximate surface area is 154 Å². The summed E-state index contributed by atoms with van der Waals surface area (Å²) in [6.07, 6.45) is -6.84. The number of nitrogens with one attached hydrogen (secondary N) is 1. The second kappa shape index (κ2) is 9.37. The summed E-state index contributed by atoms with van der Waals surface area (Å²) in [6.45, 7) is 0.832. The number of sulfonamides is 1. The van der Waals surface area contributed by atoms with Crippen molar-refractivity contribution in [1.82, 2.24) is 4.72 Å². The van der Waals surface area contributed by atoms with Gasteiger partial charge in [-0.2, -0.15) is 0 Å². The van der Waals surface area contributed by atoms with Gasteiger partial charge in [-0.1, -0.05) is 11.6 Å². The van der Waals surface area contributed by atoms with Crippen molar-refractivity contribution in [2.75, 3.05) is 6.61 Å². The van der Waals surface area contributed by atoms with Crippen molar-refractivity contribution in [1.29, 1.82) is 0 Å². The van der Waals surface area contributed by atoms with E-state index < -0.39 is 41.0 Å². The number of hydrogen-bond donors (Lipinski definition) is 6. The fourth-order valence-corrected chi connectivity index (χ4v) is 3.32. The Kier molecular flexibility index (Phi) is 8.09. The van der Waals surface area contributed by atoms with Crippen LogP contribution in [-0.2, 0) is 14.8 Å². The number of aliphatic hydroxyl groups excluding tert-OH is 5. The van der Waals surface area contributed by atoms with E-state index in [1.54, 1.807) is 19.1 Å². The van der Waals surface area contributed by atoms with Gasteiger partial charge in [-0.15, -0.1) is 0 Å². The Bertz CT molecular complexity index is 770. The molecule has 0 unspecified atom stereocenters. The van der Waals surface area contributed by atoms with Crippen molar-refractivity contribution in [2.24, 2.45) is 4.99 Å². The molecule has 26 heavy (non-hydrogen) atoms. The number of benzene rings is 1. The van der Waals surface area contributed by atoms with Gasteiger partial charge in [0.1, 0.15) is 35.1 Å². The maximum Gasteiger partial charge on any atom is 0.265 e. The van der Waals surface area contributed by atoms with E-state index in [0.717, 1.165) is 0 Å². The van der Waals surface area contributed by atoms with Gasteiger partial charge in [-0.25, -0.2) is 13.4 Å². The van der Waals surface area contributed by atoms with E-state index in [9.17, 15) is 13.2 Å². The summed E-state index contributed by atoms with van der Waals surface area (Å²) in [6, 6.07) is 4.58. The Morgan fingerprint density at radius 3 is 2.38 bits per heavy atom. The van der Waals surface area contributed by atoms with Crippen molar-refractivity contribution in [3.63, 3.8) is 0 Å². The number of rotatable bonds is 5. The molecule has 0 amide bonds. The Morgan fingerprint density at radius 2 is 1.85 bits per heavy atom. The molecule has 1 aromatic rings. The summed E-state index contributed by atoms with van der Waals surface area (Å²) in [4.78, 5) is 14.1. The quantitative estimate of drug-likeness (QED) is 0.311. The summed E-state index contributed by atoms with van der Waals surface area (Å²) in [5, 5.41) is 43.9. The SMILES string of the molecule is CC1=Nc2ccc(Cl)cc2S(=O)(=O)N1.O=C[C@H](O)[C@@H](O)[C@H](O)[C@H](O)CO. The van der Waals surface area contributed by atoms with Crippen LogP contribution >= 0.6 is 11.6 Å². The number of fused-ring (bicyclic) bond motifs is 1. The van der Waals surface area contributed by atoms with Gasteiger partial charge in [0, 0.05) is 5.02 Å². The molecule has 4 atom stereocenters. The largest absolute Gasteiger partial charge is 0.394 e. The zero-order chi connectivity index (χ0) is 20.1. The van der Waals surface area contributed by atoms with Gasteiger partial charge in [0.05, 0.1) is 12.3 Å². The van der Waals surface area contributed by atoms with E-state index in [4.69, 9.17) is 37.1 Å². The predicted molar refractivity (Wildman–Crippen MR) is 91.7 cm³/mol. The van der Waals surface area contributed by atoms with Gasteiger partial charge in [-0.3, -0.25) is 4.72 Å². The maximum atomic E-state index is 11.6. The van der Waals surface area contributed by atoms with Crippen LogP contribution in [0, 0.1) is 0 Å². The number of carbonyl (C=O) groups excluding carboxylic acids is 1. The molecule has 0 aliphatic carbocycles. The molecule has 0 saturated heterocycles. The summed E-state index contributed by atoms with van der Waals surface area (Å²) in [5.74, 6) is 0.361. The molecule has 146 valence electrons. The maximum absolute atomic E-state index is 11.6. The lowest BCUT2D eigenvalue weighted by atomic mass is 10.0. The molecule has 1 aliphatic heterocycles. The second-order valence-electron chi connectivity index (χ2n) is 5.27. The molecule has 0 saturated carbocycles. The number of carbonyl (C=O) groups is 1. The van der Waals surface area contributed by atoms with Crippen molar-refractivity contribution in [3.8, 4) is 0 Å². The lowest BCUT2D eigenvalue weighted by molar-refractivity contribution is -0.136. The van der Waals surface area contributed by atoms with Crippen LogP contribution in [0.1, 0.15) is 6.92 Å². The summed E-state index contributed by atoms with van der Waals surface area (Å²) in [7, 11) is -3.48. The normalized spacial score (nSPS) is 19.4. The smallest absolute Gasteiger partial charge is 0.265 e. The van der Waals surface area contributed by atoms with Crippen LogP contribution in [0.5, 0.6) is 0 Å². The number of nitrogens with zero attached hydrogens (tertiary/aromatic N) is 1. The first-order chi connectivity index (χ1) is 12.0. The molecule has 1 heterocycles. The fraction of sp³-hybridized carbons (Fsp3) is 0.429. The van der Waals surface area contributed by atoms with Crippen molar-refractivity contribution in [3.05, 3.63) is 23.2 Å². The summed E-state index contributed by atoms with van der Waals surface area (Å²) >= 11 is 5.70. The van der Waals surface area contributed by atoms with E-state index in [0.29, 0.717) is 16.5 Å². The molecule has 0 bridgehead atoms. The Hall–Kier alpha value is -1.60. The minimum absolute atomic E-state index is 0.0258. The molecule has 0 radical (unpaired) electrons. The first-order valence-corrected chi connectivity index (χ1v) is 9.05. The van der Waals surface area contributed by atoms with Gasteiger partial charge in [-0.05, 0) is 25.1 Å².